The maximum Gasteiger partial charge on any atom is 0.420 e. The molecule has 22 heavy (non-hydrogen) atoms. The first kappa shape index (κ1) is 16.0. The molecule has 0 aliphatic heterocycles. The van der Waals surface area contributed by atoms with Gasteiger partial charge >= 0.3 is 6.18 Å². The zero-order valence-corrected chi connectivity index (χ0v) is 12.4. The van der Waals surface area contributed by atoms with E-state index in [0.717, 1.165) is 12.1 Å². The van der Waals surface area contributed by atoms with Gasteiger partial charge in [0.15, 0.2) is 0 Å². The summed E-state index contributed by atoms with van der Waals surface area (Å²) >= 11 is 3.13. The molecule has 3 nitrogen and oxygen atoms in total. The fourth-order valence-electron chi connectivity index (χ4n) is 1.70. The molecular weight excluding hydrogens is 363 g/mol. The summed E-state index contributed by atoms with van der Waals surface area (Å²) in [7, 11) is 0. The highest BCUT2D eigenvalue weighted by atomic mass is 79.9. The number of halogens is 4. The van der Waals surface area contributed by atoms with E-state index in [0.29, 0.717) is 16.3 Å². The maximum absolute atomic E-state index is 13.0. The van der Waals surface area contributed by atoms with E-state index in [2.05, 4.69) is 15.9 Å². The Hall–Kier alpha value is -2.33. The van der Waals surface area contributed by atoms with E-state index in [9.17, 15) is 18.0 Å². The number of hydrogen-bond donors (Lipinski definition) is 0. The Balaban J connectivity index is 2.46. The molecule has 0 atom stereocenters. The lowest BCUT2D eigenvalue weighted by Crippen LogP contribution is -2.07. The molecule has 2 rings (SSSR count). The van der Waals surface area contributed by atoms with Crippen LogP contribution in [0.5, 0.6) is 11.5 Å². The average Bonchev–Trinajstić information content (AvgIpc) is 2.48. The standard InChI is InChI=1S/C15H7BrF3NO2/c16-12-6-10(8-21)2-4-14(12)22-13-3-1-9(7-20)5-11(13)15(17,18)19/h1-6,8H. The summed E-state index contributed by atoms with van der Waals surface area (Å²) in [6.45, 7) is 0. The Kier molecular flexibility index (Phi) is 4.52. The number of rotatable bonds is 3. The van der Waals surface area contributed by atoms with Crippen LogP contribution in [0.15, 0.2) is 40.9 Å². The van der Waals surface area contributed by atoms with E-state index < -0.39 is 17.5 Å². The van der Waals surface area contributed by atoms with Gasteiger partial charge in [0.1, 0.15) is 17.8 Å². The lowest BCUT2D eigenvalue weighted by molar-refractivity contribution is -0.138. The van der Waals surface area contributed by atoms with Crippen LogP contribution in [-0.4, -0.2) is 6.29 Å². The van der Waals surface area contributed by atoms with Crippen LogP contribution in [0.25, 0.3) is 0 Å². The summed E-state index contributed by atoms with van der Waals surface area (Å²) in [6.07, 6.45) is -4.05. The number of hydrogen-bond acceptors (Lipinski definition) is 3. The second-order valence-electron chi connectivity index (χ2n) is 4.23. The van der Waals surface area contributed by atoms with E-state index in [4.69, 9.17) is 10.00 Å². The molecule has 0 N–H and O–H groups in total. The number of ether oxygens (including phenoxy) is 1. The first-order valence-electron chi connectivity index (χ1n) is 5.89. The number of alkyl halides is 3. The molecule has 0 radical (unpaired) electrons. The van der Waals surface area contributed by atoms with Crippen molar-refractivity contribution >= 4 is 22.2 Å². The van der Waals surface area contributed by atoms with Gasteiger partial charge in [-0.05, 0) is 52.3 Å². The summed E-state index contributed by atoms with van der Waals surface area (Å²) in [5.74, 6) is -0.299. The van der Waals surface area contributed by atoms with E-state index in [1.807, 2.05) is 0 Å². The van der Waals surface area contributed by atoms with Crippen LogP contribution in [0.2, 0.25) is 0 Å². The predicted octanol–water partition coefficient (Wildman–Crippen LogP) is 4.94. The van der Waals surface area contributed by atoms with Gasteiger partial charge in [-0.3, -0.25) is 4.79 Å². The van der Waals surface area contributed by atoms with Crippen LogP contribution in [0.3, 0.4) is 0 Å². The van der Waals surface area contributed by atoms with E-state index in [1.54, 1.807) is 6.07 Å². The zero-order valence-electron chi connectivity index (χ0n) is 10.8. The summed E-state index contributed by atoms with van der Waals surface area (Å²) in [6, 6.07) is 8.93. The van der Waals surface area contributed by atoms with Gasteiger partial charge in [0.25, 0.3) is 0 Å². The number of benzene rings is 2. The molecule has 0 aliphatic carbocycles. The van der Waals surface area contributed by atoms with Crippen molar-refractivity contribution in [3.63, 3.8) is 0 Å². The predicted molar refractivity (Wildman–Crippen MR) is 75.8 cm³/mol. The van der Waals surface area contributed by atoms with Crippen LogP contribution in [0.4, 0.5) is 13.2 Å². The molecular formula is C15H7BrF3NO2. The fourth-order valence-corrected chi connectivity index (χ4v) is 2.18. The quantitative estimate of drug-likeness (QED) is 0.719. The number of aldehydes is 1. The number of carbonyl (C=O) groups is 1. The lowest BCUT2D eigenvalue weighted by atomic mass is 10.1. The largest absolute Gasteiger partial charge is 0.456 e. The highest BCUT2D eigenvalue weighted by Gasteiger charge is 2.35. The molecule has 0 spiro atoms. The molecule has 112 valence electrons. The van der Waals surface area contributed by atoms with E-state index >= 15 is 0 Å². The van der Waals surface area contributed by atoms with Crippen molar-refractivity contribution in [3.8, 4) is 17.6 Å². The number of carbonyl (C=O) groups excluding carboxylic acids is 1. The molecule has 2 aromatic rings. The van der Waals surface area contributed by atoms with Gasteiger partial charge in [0.2, 0.25) is 0 Å². The van der Waals surface area contributed by atoms with Gasteiger partial charge in [0.05, 0.1) is 21.7 Å². The molecule has 0 fully saturated rings. The van der Waals surface area contributed by atoms with Gasteiger partial charge in [-0.2, -0.15) is 18.4 Å². The molecule has 0 aromatic heterocycles. The SMILES string of the molecule is N#Cc1ccc(Oc2ccc(C=O)cc2Br)c(C(F)(F)F)c1. The Morgan fingerprint density at radius 2 is 1.82 bits per heavy atom. The van der Waals surface area contributed by atoms with Crippen molar-refractivity contribution in [1.29, 1.82) is 5.26 Å². The normalized spacial score (nSPS) is 10.9. The number of nitriles is 1. The molecule has 0 saturated heterocycles. The second kappa shape index (κ2) is 6.20. The van der Waals surface area contributed by atoms with Crippen molar-refractivity contribution in [2.75, 3.05) is 0 Å². The minimum absolute atomic E-state index is 0.116. The Bertz CT molecular complexity index is 766. The van der Waals surface area contributed by atoms with Crippen molar-refractivity contribution in [2.45, 2.75) is 6.18 Å². The Morgan fingerprint density at radius 1 is 1.14 bits per heavy atom. The topological polar surface area (TPSA) is 50.1 Å². The van der Waals surface area contributed by atoms with Crippen LogP contribution >= 0.6 is 15.9 Å². The number of nitrogens with zero attached hydrogens (tertiary/aromatic N) is 1. The fraction of sp³-hybridized carbons (Fsp3) is 0.0667. The Morgan fingerprint density at radius 3 is 2.36 bits per heavy atom. The third-order valence-corrected chi connectivity index (χ3v) is 3.35. The highest BCUT2D eigenvalue weighted by Crippen LogP contribution is 2.40. The molecule has 2 aromatic carbocycles. The van der Waals surface area contributed by atoms with Gasteiger partial charge in [-0.15, -0.1) is 0 Å². The van der Waals surface area contributed by atoms with Crippen molar-refractivity contribution < 1.29 is 22.7 Å². The van der Waals surface area contributed by atoms with Crippen LogP contribution < -0.4 is 4.74 Å². The molecule has 7 heteroatoms. The van der Waals surface area contributed by atoms with Gasteiger partial charge in [-0.25, -0.2) is 0 Å². The van der Waals surface area contributed by atoms with Gasteiger partial charge in [-0.1, -0.05) is 0 Å². The minimum Gasteiger partial charge on any atom is -0.456 e. The monoisotopic (exact) mass is 369 g/mol. The summed E-state index contributed by atoms with van der Waals surface area (Å²) in [5.41, 5.74) is -0.803. The molecule has 0 amide bonds. The first-order valence-corrected chi connectivity index (χ1v) is 6.68. The lowest BCUT2D eigenvalue weighted by Gasteiger charge is -2.15. The van der Waals surface area contributed by atoms with Crippen molar-refractivity contribution in [1.82, 2.24) is 0 Å². The third kappa shape index (κ3) is 3.46. The summed E-state index contributed by atoms with van der Waals surface area (Å²) in [4.78, 5) is 10.6. The molecule has 0 unspecified atom stereocenters. The summed E-state index contributed by atoms with van der Waals surface area (Å²) in [5, 5.41) is 8.71. The zero-order chi connectivity index (χ0) is 16.3. The first-order chi connectivity index (χ1) is 10.3. The second-order valence-corrected chi connectivity index (χ2v) is 5.08. The van der Waals surface area contributed by atoms with E-state index in [-0.39, 0.29) is 11.3 Å². The molecule has 0 bridgehead atoms. The Labute approximate surface area is 132 Å². The third-order valence-electron chi connectivity index (χ3n) is 2.73. The van der Waals surface area contributed by atoms with Crippen molar-refractivity contribution in [2.24, 2.45) is 0 Å². The molecule has 0 heterocycles. The smallest absolute Gasteiger partial charge is 0.420 e. The van der Waals surface area contributed by atoms with Crippen LogP contribution in [-0.2, 0) is 6.18 Å². The average molecular weight is 370 g/mol. The minimum atomic E-state index is -4.66. The summed E-state index contributed by atoms with van der Waals surface area (Å²) < 4.78 is 44.7. The molecule has 0 saturated carbocycles. The van der Waals surface area contributed by atoms with Gasteiger partial charge < -0.3 is 4.74 Å². The molecule has 0 aliphatic rings. The highest BCUT2D eigenvalue weighted by molar-refractivity contribution is 9.10. The van der Waals surface area contributed by atoms with Crippen molar-refractivity contribution in [3.05, 3.63) is 57.6 Å². The van der Waals surface area contributed by atoms with Crippen LogP contribution in [0, 0.1) is 11.3 Å². The maximum atomic E-state index is 13.0. The van der Waals surface area contributed by atoms with E-state index in [1.165, 1.54) is 24.3 Å². The van der Waals surface area contributed by atoms with Crippen LogP contribution in [0.1, 0.15) is 21.5 Å². The van der Waals surface area contributed by atoms with Gasteiger partial charge in [0, 0.05) is 5.56 Å².